The van der Waals surface area contributed by atoms with E-state index in [1.165, 1.54) is 18.2 Å². The molecule has 0 unspecified atom stereocenters. The third-order valence-electron chi connectivity index (χ3n) is 4.70. The Labute approximate surface area is 192 Å². The van der Waals surface area contributed by atoms with Gasteiger partial charge in [-0.15, -0.1) is 0 Å². The van der Waals surface area contributed by atoms with Crippen LogP contribution in [0.25, 0.3) is 0 Å². The summed E-state index contributed by atoms with van der Waals surface area (Å²) in [5, 5.41) is 3.09. The summed E-state index contributed by atoms with van der Waals surface area (Å²) < 4.78 is 27.9. The van der Waals surface area contributed by atoms with Crippen molar-refractivity contribution in [3.05, 3.63) is 93.5 Å². The second-order valence-corrected chi connectivity index (χ2v) is 9.95. The first-order valence-corrected chi connectivity index (χ1v) is 11.7. The minimum atomic E-state index is -4.10. The molecule has 0 heterocycles. The van der Waals surface area contributed by atoms with Crippen LogP contribution in [0.4, 0.5) is 5.69 Å². The lowest BCUT2D eigenvalue weighted by Crippen LogP contribution is -2.37. The normalized spacial score (nSPS) is 11.5. The zero-order valence-electron chi connectivity index (χ0n) is 17.1. The third kappa shape index (κ3) is 5.86. The fraction of sp³-hybridized carbons (Fsp3) is 0.174. The number of carbonyl (C=O) groups is 1. The zero-order valence-corrected chi connectivity index (χ0v) is 19.4. The number of amides is 1. The zero-order chi connectivity index (χ0) is 22.6. The number of halogens is 2. The molecule has 31 heavy (non-hydrogen) atoms. The van der Waals surface area contributed by atoms with Gasteiger partial charge in [-0.2, -0.15) is 4.31 Å². The maximum absolute atomic E-state index is 13.4. The molecule has 5 nitrogen and oxygen atoms in total. The summed E-state index contributed by atoms with van der Waals surface area (Å²) in [6.07, 6.45) is 0. The van der Waals surface area contributed by atoms with Crippen molar-refractivity contribution in [2.24, 2.45) is 0 Å². The Morgan fingerprint density at radius 2 is 1.68 bits per heavy atom. The van der Waals surface area contributed by atoms with Gasteiger partial charge in [0.25, 0.3) is 0 Å². The average Bonchev–Trinajstić information content (AvgIpc) is 2.72. The second-order valence-electron chi connectivity index (χ2n) is 7.20. The van der Waals surface area contributed by atoms with Crippen LogP contribution >= 0.6 is 23.2 Å². The van der Waals surface area contributed by atoms with E-state index >= 15 is 0 Å². The molecule has 3 aromatic carbocycles. The molecule has 0 bridgehead atoms. The van der Waals surface area contributed by atoms with E-state index < -0.39 is 15.9 Å². The van der Waals surface area contributed by atoms with Gasteiger partial charge in [-0.3, -0.25) is 4.79 Å². The van der Waals surface area contributed by atoms with E-state index in [2.05, 4.69) is 5.32 Å². The van der Waals surface area contributed by atoms with Gasteiger partial charge in [0.05, 0.1) is 11.6 Å². The Bertz CT molecular complexity index is 1200. The van der Waals surface area contributed by atoms with E-state index in [9.17, 15) is 13.2 Å². The van der Waals surface area contributed by atoms with Crippen molar-refractivity contribution in [2.45, 2.75) is 25.3 Å². The van der Waals surface area contributed by atoms with Gasteiger partial charge < -0.3 is 5.32 Å². The molecule has 0 aliphatic heterocycles. The van der Waals surface area contributed by atoms with Crippen molar-refractivity contribution in [3.8, 4) is 0 Å². The number of sulfonamides is 1. The van der Waals surface area contributed by atoms with Gasteiger partial charge in [0.1, 0.15) is 4.90 Å². The van der Waals surface area contributed by atoms with Crippen molar-refractivity contribution >= 4 is 44.8 Å². The summed E-state index contributed by atoms with van der Waals surface area (Å²) in [4.78, 5) is 12.7. The lowest BCUT2D eigenvalue weighted by molar-refractivity contribution is -0.116. The molecule has 0 saturated carbocycles. The van der Waals surface area contributed by atoms with Crippen LogP contribution in [-0.4, -0.2) is 25.2 Å². The highest BCUT2D eigenvalue weighted by Gasteiger charge is 2.29. The van der Waals surface area contributed by atoms with Gasteiger partial charge in [0.2, 0.25) is 15.9 Å². The molecule has 8 heteroatoms. The van der Waals surface area contributed by atoms with Crippen LogP contribution < -0.4 is 5.32 Å². The van der Waals surface area contributed by atoms with Gasteiger partial charge in [-0.25, -0.2) is 8.42 Å². The smallest absolute Gasteiger partial charge is 0.245 e. The van der Waals surface area contributed by atoms with Crippen molar-refractivity contribution < 1.29 is 13.2 Å². The van der Waals surface area contributed by atoms with E-state index in [1.54, 1.807) is 12.1 Å². The number of hydrogen-bond acceptors (Lipinski definition) is 3. The topological polar surface area (TPSA) is 66.5 Å². The van der Waals surface area contributed by atoms with E-state index in [1.807, 2.05) is 50.2 Å². The predicted molar refractivity (Wildman–Crippen MR) is 125 cm³/mol. The van der Waals surface area contributed by atoms with Crippen molar-refractivity contribution in [2.75, 3.05) is 11.9 Å². The first-order valence-electron chi connectivity index (χ1n) is 9.53. The molecule has 0 radical (unpaired) electrons. The molecule has 3 rings (SSSR count). The van der Waals surface area contributed by atoms with Gasteiger partial charge in [-0.1, -0.05) is 65.7 Å². The van der Waals surface area contributed by atoms with Crippen LogP contribution in [0, 0.1) is 13.8 Å². The van der Waals surface area contributed by atoms with Gasteiger partial charge in [-0.05, 0) is 54.8 Å². The number of carbonyl (C=O) groups excluding carboxylic acids is 1. The van der Waals surface area contributed by atoms with Crippen LogP contribution in [-0.2, 0) is 21.4 Å². The maximum atomic E-state index is 13.4. The van der Waals surface area contributed by atoms with Crippen LogP contribution in [0.15, 0.2) is 71.6 Å². The van der Waals surface area contributed by atoms with Crippen LogP contribution in [0.1, 0.15) is 16.7 Å². The van der Waals surface area contributed by atoms with E-state index in [0.29, 0.717) is 5.69 Å². The molecule has 0 spiro atoms. The minimum absolute atomic E-state index is 0.00619. The quantitative estimate of drug-likeness (QED) is 0.493. The third-order valence-corrected chi connectivity index (χ3v) is 7.21. The van der Waals surface area contributed by atoms with Gasteiger partial charge in [0.15, 0.2) is 0 Å². The highest BCUT2D eigenvalue weighted by atomic mass is 35.5. The number of aryl methyl sites for hydroxylation is 2. The second kappa shape index (κ2) is 9.83. The Morgan fingerprint density at radius 3 is 2.39 bits per heavy atom. The number of nitrogens with one attached hydrogen (secondary N) is 1. The lowest BCUT2D eigenvalue weighted by Gasteiger charge is -2.23. The lowest BCUT2D eigenvalue weighted by atomic mass is 10.1. The molecule has 0 aliphatic carbocycles. The van der Waals surface area contributed by atoms with E-state index in [4.69, 9.17) is 23.2 Å². The molecule has 0 aromatic heterocycles. The summed E-state index contributed by atoms with van der Waals surface area (Å²) in [7, 11) is -4.10. The summed E-state index contributed by atoms with van der Waals surface area (Å²) in [6, 6.07) is 19.0. The fourth-order valence-corrected chi connectivity index (χ4v) is 5.17. The molecule has 162 valence electrons. The summed E-state index contributed by atoms with van der Waals surface area (Å²) in [6.45, 7) is 3.42. The molecule has 0 aliphatic rings. The molecule has 3 aromatic rings. The summed E-state index contributed by atoms with van der Waals surface area (Å²) in [5.41, 5.74) is 3.25. The summed E-state index contributed by atoms with van der Waals surface area (Å²) >= 11 is 12.2. The van der Waals surface area contributed by atoms with Crippen molar-refractivity contribution in [3.63, 3.8) is 0 Å². The Balaban J connectivity index is 1.93. The van der Waals surface area contributed by atoms with Crippen LogP contribution in [0.5, 0.6) is 0 Å². The van der Waals surface area contributed by atoms with Crippen LogP contribution in [0.2, 0.25) is 10.0 Å². The Hall–Kier alpha value is -2.38. The van der Waals surface area contributed by atoms with Crippen molar-refractivity contribution in [1.29, 1.82) is 0 Å². The van der Waals surface area contributed by atoms with E-state index in [-0.39, 0.29) is 28.0 Å². The number of benzene rings is 3. The number of hydrogen-bond donors (Lipinski definition) is 1. The first-order chi connectivity index (χ1) is 14.7. The average molecular weight is 477 g/mol. The van der Waals surface area contributed by atoms with Crippen molar-refractivity contribution in [1.82, 2.24) is 4.31 Å². The molecular weight excluding hydrogens is 455 g/mol. The molecule has 0 saturated heterocycles. The van der Waals surface area contributed by atoms with Gasteiger partial charge in [0, 0.05) is 17.3 Å². The maximum Gasteiger partial charge on any atom is 0.245 e. The number of rotatable bonds is 7. The SMILES string of the molecule is Cc1ccc(C)c(NC(=O)CN(Cc2ccccc2)S(=O)(=O)c2cc(Cl)ccc2Cl)c1. The first kappa shape index (κ1) is 23.3. The van der Waals surface area contributed by atoms with Gasteiger partial charge >= 0.3 is 0 Å². The molecule has 0 atom stereocenters. The van der Waals surface area contributed by atoms with E-state index in [0.717, 1.165) is 21.0 Å². The largest absolute Gasteiger partial charge is 0.325 e. The highest BCUT2D eigenvalue weighted by molar-refractivity contribution is 7.89. The standard InChI is InChI=1S/C23H22Cl2N2O3S/c1-16-8-9-17(2)21(12-16)26-23(28)15-27(14-18-6-4-3-5-7-18)31(29,30)22-13-19(24)10-11-20(22)25/h3-13H,14-15H2,1-2H3,(H,26,28). The Kier molecular flexibility index (Phi) is 7.38. The van der Waals surface area contributed by atoms with Crippen LogP contribution in [0.3, 0.4) is 0 Å². The minimum Gasteiger partial charge on any atom is -0.325 e. The predicted octanol–water partition coefficient (Wildman–Crippen LogP) is 5.44. The Morgan fingerprint density at radius 1 is 0.968 bits per heavy atom. The highest BCUT2D eigenvalue weighted by Crippen LogP contribution is 2.29. The molecule has 1 N–H and O–H groups in total. The molecular formula is C23H22Cl2N2O3S. The molecule has 1 amide bonds. The molecule has 0 fully saturated rings. The monoisotopic (exact) mass is 476 g/mol. The number of nitrogens with zero attached hydrogens (tertiary/aromatic N) is 1. The summed E-state index contributed by atoms with van der Waals surface area (Å²) in [5.74, 6) is -0.452. The number of anilines is 1. The fourth-order valence-electron chi connectivity index (χ4n) is 3.05.